The topological polar surface area (TPSA) is 72.4 Å². The van der Waals surface area contributed by atoms with E-state index in [2.05, 4.69) is 23.9 Å². The minimum absolute atomic E-state index is 0.00515. The second-order valence-electron chi connectivity index (χ2n) is 5.80. The molecule has 6 nitrogen and oxygen atoms in total. The predicted octanol–water partition coefficient (Wildman–Crippen LogP) is 0.980. The summed E-state index contributed by atoms with van der Waals surface area (Å²) in [6, 6.07) is 2.07. The Morgan fingerprint density at radius 3 is 2.86 bits per heavy atom. The SMILES string of the molecule is CC(C)NCc1cc(S(=O)(=O)NCC2CCCO2)cn1C. The molecule has 0 spiro atoms. The number of aromatic nitrogens is 1. The van der Waals surface area contributed by atoms with Gasteiger partial charge in [-0.1, -0.05) is 13.8 Å². The molecule has 0 radical (unpaired) electrons. The Kier molecular flexibility index (Phi) is 5.43. The number of hydrogen-bond acceptors (Lipinski definition) is 4. The van der Waals surface area contributed by atoms with Crippen molar-refractivity contribution in [1.29, 1.82) is 0 Å². The van der Waals surface area contributed by atoms with Gasteiger partial charge in [0.25, 0.3) is 0 Å². The van der Waals surface area contributed by atoms with Gasteiger partial charge in [0.2, 0.25) is 10.0 Å². The number of hydrogen-bond donors (Lipinski definition) is 2. The van der Waals surface area contributed by atoms with Crippen molar-refractivity contribution in [2.45, 2.75) is 50.3 Å². The molecule has 2 N–H and O–H groups in total. The van der Waals surface area contributed by atoms with E-state index in [1.807, 2.05) is 11.6 Å². The molecular formula is C14H25N3O3S. The van der Waals surface area contributed by atoms with Crippen molar-refractivity contribution < 1.29 is 13.2 Å². The molecule has 120 valence electrons. The summed E-state index contributed by atoms with van der Waals surface area (Å²) in [5.74, 6) is 0. The zero-order chi connectivity index (χ0) is 15.5. The first-order valence-corrected chi connectivity index (χ1v) is 8.86. The maximum atomic E-state index is 12.3. The van der Waals surface area contributed by atoms with E-state index < -0.39 is 10.0 Å². The summed E-state index contributed by atoms with van der Waals surface area (Å²) in [5.41, 5.74) is 0.946. The van der Waals surface area contributed by atoms with Crippen molar-refractivity contribution in [3.63, 3.8) is 0 Å². The number of sulfonamides is 1. The van der Waals surface area contributed by atoms with Crippen LogP contribution in [0.15, 0.2) is 17.2 Å². The number of nitrogens with zero attached hydrogens (tertiary/aromatic N) is 1. The van der Waals surface area contributed by atoms with Crippen LogP contribution in [0.25, 0.3) is 0 Å². The van der Waals surface area contributed by atoms with Gasteiger partial charge in [0.1, 0.15) is 0 Å². The fourth-order valence-corrected chi connectivity index (χ4v) is 3.46. The molecule has 1 aromatic heterocycles. The van der Waals surface area contributed by atoms with E-state index in [0.717, 1.165) is 25.1 Å². The van der Waals surface area contributed by atoms with Crippen LogP contribution in [0.1, 0.15) is 32.4 Å². The van der Waals surface area contributed by atoms with E-state index in [1.165, 1.54) is 0 Å². The molecule has 1 unspecified atom stereocenters. The average Bonchev–Trinajstić information content (AvgIpc) is 3.04. The average molecular weight is 315 g/mol. The molecule has 0 amide bonds. The number of nitrogens with one attached hydrogen (secondary N) is 2. The van der Waals surface area contributed by atoms with Crippen LogP contribution in [-0.2, 0) is 28.4 Å². The highest BCUT2D eigenvalue weighted by atomic mass is 32.2. The first-order chi connectivity index (χ1) is 9.88. The van der Waals surface area contributed by atoms with E-state index in [0.29, 0.717) is 24.0 Å². The zero-order valence-corrected chi connectivity index (χ0v) is 13.7. The summed E-state index contributed by atoms with van der Waals surface area (Å²) < 4.78 is 34.5. The van der Waals surface area contributed by atoms with Gasteiger partial charge in [-0.25, -0.2) is 13.1 Å². The van der Waals surface area contributed by atoms with E-state index in [-0.39, 0.29) is 6.10 Å². The number of ether oxygens (including phenoxy) is 1. The third-order valence-corrected chi connectivity index (χ3v) is 5.00. The maximum absolute atomic E-state index is 12.3. The minimum atomic E-state index is -3.47. The Hall–Kier alpha value is -0.890. The smallest absolute Gasteiger partial charge is 0.242 e. The first-order valence-electron chi connectivity index (χ1n) is 7.38. The van der Waals surface area contributed by atoms with Crippen LogP contribution in [0, 0.1) is 0 Å². The highest BCUT2D eigenvalue weighted by Gasteiger charge is 2.21. The molecule has 1 fully saturated rings. The minimum Gasteiger partial charge on any atom is -0.377 e. The Morgan fingerprint density at radius 2 is 2.24 bits per heavy atom. The Morgan fingerprint density at radius 1 is 1.48 bits per heavy atom. The molecule has 2 rings (SSSR count). The molecule has 1 aliphatic heterocycles. The van der Waals surface area contributed by atoms with Gasteiger partial charge in [0.05, 0.1) is 11.0 Å². The van der Waals surface area contributed by atoms with Crippen molar-refractivity contribution in [3.05, 3.63) is 18.0 Å². The molecule has 1 aromatic rings. The van der Waals surface area contributed by atoms with E-state index >= 15 is 0 Å². The van der Waals surface area contributed by atoms with Crippen LogP contribution in [0.4, 0.5) is 0 Å². The van der Waals surface area contributed by atoms with Gasteiger partial charge in [0, 0.05) is 44.7 Å². The largest absolute Gasteiger partial charge is 0.377 e. The molecule has 1 saturated heterocycles. The van der Waals surface area contributed by atoms with Crippen LogP contribution < -0.4 is 10.0 Å². The highest BCUT2D eigenvalue weighted by molar-refractivity contribution is 7.89. The van der Waals surface area contributed by atoms with Gasteiger partial charge in [-0.05, 0) is 18.9 Å². The summed E-state index contributed by atoms with van der Waals surface area (Å²) in [4.78, 5) is 0.309. The van der Waals surface area contributed by atoms with Gasteiger partial charge in [-0.3, -0.25) is 0 Å². The molecule has 21 heavy (non-hydrogen) atoms. The van der Waals surface area contributed by atoms with Crippen LogP contribution in [-0.4, -0.2) is 38.3 Å². The lowest BCUT2D eigenvalue weighted by Crippen LogP contribution is -2.31. The predicted molar refractivity (Wildman–Crippen MR) is 81.6 cm³/mol. The van der Waals surface area contributed by atoms with Crippen LogP contribution in [0.3, 0.4) is 0 Å². The molecule has 1 aliphatic rings. The standard InChI is InChI=1S/C14H25N3O3S/c1-11(2)15-8-12-7-14(10-17(12)3)21(18,19)16-9-13-5-4-6-20-13/h7,10-11,13,15-16H,4-6,8-9H2,1-3H3. The molecule has 0 saturated carbocycles. The lowest BCUT2D eigenvalue weighted by molar-refractivity contribution is 0.114. The van der Waals surface area contributed by atoms with Gasteiger partial charge in [-0.2, -0.15) is 0 Å². The van der Waals surface area contributed by atoms with Crippen LogP contribution in [0.2, 0.25) is 0 Å². The van der Waals surface area contributed by atoms with Crippen LogP contribution >= 0.6 is 0 Å². The van der Waals surface area contributed by atoms with E-state index in [1.54, 1.807) is 12.3 Å². The second-order valence-corrected chi connectivity index (χ2v) is 7.57. The monoisotopic (exact) mass is 315 g/mol. The first kappa shape index (κ1) is 16.5. The quantitative estimate of drug-likeness (QED) is 0.787. The zero-order valence-electron chi connectivity index (χ0n) is 12.9. The highest BCUT2D eigenvalue weighted by Crippen LogP contribution is 2.15. The molecule has 0 bridgehead atoms. The summed E-state index contributed by atoms with van der Waals surface area (Å²) in [5, 5.41) is 3.29. The van der Waals surface area contributed by atoms with Gasteiger partial charge < -0.3 is 14.6 Å². The summed E-state index contributed by atoms with van der Waals surface area (Å²) in [6.07, 6.45) is 3.57. The third-order valence-electron chi connectivity index (χ3n) is 3.61. The van der Waals surface area contributed by atoms with Crippen LogP contribution in [0.5, 0.6) is 0 Å². The molecule has 0 aliphatic carbocycles. The fourth-order valence-electron chi connectivity index (χ4n) is 2.30. The molecule has 1 atom stereocenters. The fraction of sp³-hybridized carbons (Fsp3) is 0.714. The number of rotatable bonds is 7. The third kappa shape index (κ3) is 4.54. The Balaban J connectivity index is 2.00. The molecule has 2 heterocycles. The molecule has 7 heteroatoms. The molecular weight excluding hydrogens is 290 g/mol. The van der Waals surface area contributed by atoms with E-state index in [9.17, 15) is 8.42 Å². The summed E-state index contributed by atoms with van der Waals surface area (Å²) in [6.45, 7) is 5.84. The van der Waals surface area contributed by atoms with Crippen molar-refractivity contribution in [1.82, 2.24) is 14.6 Å². The summed E-state index contributed by atoms with van der Waals surface area (Å²) in [7, 11) is -1.61. The van der Waals surface area contributed by atoms with Gasteiger partial charge in [-0.15, -0.1) is 0 Å². The Labute approximate surface area is 126 Å². The van der Waals surface area contributed by atoms with Crippen molar-refractivity contribution in [3.8, 4) is 0 Å². The van der Waals surface area contributed by atoms with E-state index in [4.69, 9.17) is 4.74 Å². The summed E-state index contributed by atoms with van der Waals surface area (Å²) >= 11 is 0. The lowest BCUT2D eigenvalue weighted by atomic mass is 10.2. The van der Waals surface area contributed by atoms with Gasteiger partial charge >= 0.3 is 0 Å². The van der Waals surface area contributed by atoms with Crippen molar-refractivity contribution >= 4 is 10.0 Å². The maximum Gasteiger partial charge on any atom is 0.242 e. The normalized spacial score (nSPS) is 19.5. The molecule has 0 aromatic carbocycles. The van der Waals surface area contributed by atoms with Crippen molar-refractivity contribution in [2.24, 2.45) is 7.05 Å². The number of aryl methyl sites for hydroxylation is 1. The second kappa shape index (κ2) is 6.91. The van der Waals surface area contributed by atoms with Crippen molar-refractivity contribution in [2.75, 3.05) is 13.2 Å². The van der Waals surface area contributed by atoms with Gasteiger partial charge in [0.15, 0.2) is 0 Å². The Bertz CT molecular complexity index is 560. The lowest BCUT2D eigenvalue weighted by Gasteiger charge is -2.10.